The van der Waals surface area contributed by atoms with Gasteiger partial charge in [-0.2, -0.15) is 0 Å². The maximum atomic E-state index is 12.4. The SMILES string of the molecule is CCN(C(=O)NCCc1ccc(OC)c(OC)c1)c1ccccc1. The minimum atomic E-state index is -0.0934. The molecule has 0 bridgehead atoms. The van der Waals surface area contributed by atoms with Crippen molar-refractivity contribution in [3.63, 3.8) is 0 Å². The number of carbonyl (C=O) groups excluding carboxylic acids is 1. The minimum absolute atomic E-state index is 0.0934. The first-order chi connectivity index (χ1) is 11.7. The molecule has 1 N–H and O–H groups in total. The zero-order chi connectivity index (χ0) is 17.4. The Kier molecular flexibility index (Phi) is 6.49. The highest BCUT2D eigenvalue weighted by Crippen LogP contribution is 2.27. The summed E-state index contributed by atoms with van der Waals surface area (Å²) in [7, 11) is 3.23. The van der Waals surface area contributed by atoms with Crippen molar-refractivity contribution in [1.29, 1.82) is 0 Å². The van der Waals surface area contributed by atoms with Crippen LogP contribution in [0, 0.1) is 0 Å². The number of anilines is 1. The molecular weight excluding hydrogens is 304 g/mol. The lowest BCUT2D eigenvalue weighted by Gasteiger charge is -2.21. The summed E-state index contributed by atoms with van der Waals surface area (Å²) in [6.07, 6.45) is 0.721. The summed E-state index contributed by atoms with van der Waals surface area (Å²) in [5, 5.41) is 2.96. The fraction of sp³-hybridized carbons (Fsp3) is 0.316. The van der Waals surface area contributed by atoms with Gasteiger partial charge >= 0.3 is 6.03 Å². The molecule has 0 radical (unpaired) electrons. The Balaban J connectivity index is 1.92. The lowest BCUT2D eigenvalue weighted by atomic mass is 10.1. The van der Waals surface area contributed by atoms with Gasteiger partial charge in [0, 0.05) is 18.8 Å². The minimum Gasteiger partial charge on any atom is -0.493 e. The average Bonchev–Trinajstić information content (AvgIpc) is 2.63. The van der Waals surface area contributed by atoms with Crippen molar-refractivity contribution in [1.82, 2.24) is 5.32 Å². The number of hydrogen-bond acceptors (Lipinski definition) is 3. The molecule has 24 heavy (non-hydrogen) atoms. The summed E-state index contributed by atoms with van der Waals surface area (Å²) in [5.41, 5.74) is 1.97. The van der Waals surface area contributed by atoms with Crippen LogP contribution in [-0.2, 0) is 6.42 Å². The summed E-state index contributed by atoms with van der Waals surface area (Å²) >= 11 is 0. The molecule has 0 aliphatic heterocycles. The van der Waals surface area contributed by atoms with E-state index in [9.17, 15) is 4.79 Å². The monoisotopic (exact) mass is 328 g/mol. The summed E-state index contributed by atoms with van der Waals surface area (Å²) in [6, 6.07) is 15.3. The molecule has 2 rings (SSSR count). The first-order valence-corrected chi connectivity index (χ1v) is 8.01. The van der Waals surface area contributed by atoms with Gasteiger partial charge in [0.25, 0.3) is 0 Å². The first-order valence-electron chi connectivity index (χ1n) is 8.01. The van der Waals surface area contributed by atoms with E-state index in [0.717, 1.165) is 17.7 Å². The third-order valence-corrected chi connectivity index (χ3v) is 3.77. The summed E-state index contributed by atoms with van der Waals surface area (Å²) in [4.78, 5) is 14.1. The number of ether oxygens (including phenoxy) is 2. The average molecular weight is 328 g/mol. The maximum absolute atomic E-state index is 12.4. The molecule has 5 nitrogen and oxygen atoms in total. The van der Waals surface area contributed by atoms with Crippen molar-refractivity contribution in [2.24, 2.45) is 0 Å². The van der Waals surface area contributed by atoms with Gasteiger partial charge in [-0.15, -0.1) is 0 Å². The maximum Gasteiger partial charge on any atom is 0.321 e. The van der Waals surface area contributed by atoms with Crippen LogP contribution in [0.3, 0.4) is 0 Å². The number of carbonyl (C=O) groups is 1. The lowest BCUT2D eigenvalue weighted by molar-refractivity contribution is 0.246. The molecule has 128 valence electrons. The first kappa shape index (κ1) is 17.7. The molecule has 0 saturated heterocycles. The predicted molar refractivity (Wildman–Crippen MR) is 96.1 cm³/mol. The number of methoxy groups -OCH3 is 2. The van der Waals surface area contributed by atoms with Crippen LogP contribution in [0.2, 0.25) is 0 Å². The van der Waals surface area contributed by atoms with Gasteiger partial charge in [0.1, 0.15) is 0 Å². The molecule has 0 fully saturated rings. The van der Waals surface area contributed by atoms with Gasteiger partial charge in [0.2, 0.25) is 0 Å². The highest BCUT2D eigenvalue weighted by Gasteiger charge is 2.12. The van der Waals surface area contributed by atoms with E-state index in [-0.39, 0.29) is 6.03 Å². The molecule has 5 heteroatoms. The van der Waals surface area contributed by atoms with E-state index in [0.29, 0.717) is 24.6 Å². The van der Waals surface area contributed by atoms with Gasteiger partial charge in [0.05, 0.1) is 14.2 Å². The number of benzene rings is 2. The Morgan fingerprint density at radius 1 is 1.04 bits per heavy atom. The van der Waals surface area contributed by atoms with Gasteiger partial charge in [-0.3, -0.25) is 4.90 Å². The lowest BCUT2D eigenvalue weighted by Crippen LogP contribution is -2.40. The second-order valence-corrected chi connectivity index (χ2v) is 5.25. The van der Waals surface area contributed by atoms with Gasteiger partial charge in [-0.25, -0.2) is 4.79 Å². The van der Waals surface area contributed by atoms with Crippen molar-refractivity contribution in [3.05, 3.63) is 54.1 Å². The molecule has 0 spiro atoms. The molecule has 0 heterocycles. The van der Waals surface area contributed by atoms with Gasteiger partial charge in [0.15, 0.2) is 11.5 Å². The molecular formula is C19H24N2O3. The van der Waals surface area contributed by atoms with E-state index in [2.05, 4.69) is 5.32 Å². The van der Waals surface area contributed by atoms with Gasteiger partial charge in [-0.05, 0) is 43.2 Å². The normalized spacial score (nSPS) is 10.1. The molecule has 0 aromatic heterocycles. The quantitative estimate of drug-likeness (QED) is 0.846. The Morgan fingerprint density at radius 3 is 2.38 bits per heavy atom. The van der Waals surface area contributed by atoms with Crippen LogP contribution in [0.1, 0.15) is 12.5 Å². The van der Waals surface area contributed by atoms with E-state index in [1.54, 1.807) is 19.1 Å². The topological polar surface area (TPSA) is 50.8 Å². The van der Waals surface area contributed by atoms with Crippen LogP contribution in [0.25, 0.3) is 0 Å². The fourth-order valence-corrected chi connectivity index (χ4v) is 2.50. The molecule has 0 unspecified atom stereocenters. The molecule has 2 amide bonds. The third-order valence-electron chi connectivity index (χ3n) is 3.77. The molecule has 2 aromatic carbocycles. The van der Waals surface area contributed by atoms with Crippen LogP contribution < -0.4 is 19.7 Å². The van der Waals surface area contributed by atoms with Crippen LogP contribution in [0.4, 0.5) is 10.5 Å². The highest BCUT2D eigenvalue weighted by atomic mass is 16.5. The molecule has 0 aliphatic rings. The molecule has 0 atom stereocenters. The smallest absolute Gasteiger partial charge is 0.321 e. The van der Waals surface area contributed by atoms with E-state index in [1.807, 2.05) is 55.5 Å². The zero-order valence-electron chi connectivity index (χ0n) is 14.4. The largest absolute Gasteiger partial charge is 0.493 e. The van der Waals surface area contributed by atoms with Gasteiger partial charge in [-0.1, -0.05) is 24.3 Å². The van der Waals surface area contributed by atoms with Crippen LogP contribution in [-0.4, -0.2) is 33.3 Å². The van der Waals surface area contributed by atoms with E-state index in [1.165, 1.54) is 0 Å². The fourth-order valence-electron chi connectivity index (χ4n) is 2.50. The van der Waals surface area contributed by atoms with Crippen molar-refractivity contribution in [3.8, 4) is 11.5 Å². The Bertz CT molecular complexity index is 659. The van der Waals surface area contributed by atoms with Crippen LogP contribution in [0.15, 0.2) is 48.5 Å². The number of nitrogens with one attached hydrogen (secondary N) is 1. The van der Waals surface area contributed by atoms with E-state index in [4.69, 9.17) is 9.47 Å². The second kappa shape index (κ2) is 8.82. The number of rotatable bonds is 7. The molecule has 2 aromatic rings. The van der Waals surface area contributed by atoms with Crippen molar-refractivity contribution in [2.75, 3.05) is 32.2 Å². The standard InChI is InChI=1S/C19H24N2O3/c1-4-21(16-8-6-5-7-9-16)19(22)20-13-12-15-10-11-17(23-2)18(14-15)24-3/h5-11,14H,4,12-13H2,1-3H3,(H,20,22). The summed E-state index contributed by atoms with van der Waals surface area (Å²) in [6.45, 7) is 3.13. The predicted octanol–water partition coefficient (Wildman–Crippen LogP) is 3.48. The van der Waals surface area contributed by atoms with Crippen LogP contribution in [0.5, 0.6) is 11.5 Å². The van der Waals surface area contributed by atoms with Crippen LogP contribution >= 0.6 is 0 Å². The Hall–Kier alpha value is -2.69. The summed E-state index contributed by atoms with van der Waals surface area (Å²) in [5.74, 6) is 1.40. The number of para-hydroxylation sites is 1. The number of amides is 2. The Labute approximate surface area is 143 Å². The molecule has 0 aliphatic carbocycles. The van der Waals surface area contributed by atoms with Crippen molar-refractivity contribution < 1.29 is 14.3 Å². The van der Waals surface area contributed by atoms with Gasteiger partial charge < -0.3 is 14.8 Å². The Morgan fingerprint density at radius 2 is 1.75 bits per heavy atom. The highest BCUT2D eigenvalue weighted by molar-refractivity contribution is 5.91. The second-order valence-electron chi connectivity index (χ2n) is 5.25. The summed E-state index contributed by atoms with van der Waals surface area (Å²) < 4.78 is 10.5. The molecule has 0 saturated carbocycles. The third kappa shape index (κ3) is 4.41. The van der Waals surface area contributed by atoms with E-state index >= 15 is 0 Å². The number of hydrogen-bond donors (Lipinski definition) is 1. The van der Waals surface area contributed by atoms with Crippen molar-refractivity contribution in [2.45, 2.75) is 13.3 Å². The van der Waals surface area contributed by atoms with E-state index < -0.39 is 0 Å². The number of urea groups is 1. The zero-order valence-corrected chi connectivity index (χ0v) is 14.4. The van der Waals surface area contributed by atoms with Crippen molar-refractivity contribution >= 4 is 11.7 Å². The number of nitrogens with zero attached hydrogens (tertiary/aromatic N) is 1.